The lowest BCUT2D eigenvalue weighted by molar-refractivity contribution is 0.309. The zero-order valence-corrected chi connectivity index (χ0v) is 11.3. The van der Waals surface area contributed by atoms with E-state index in [1.807, 2.05) is 0 Å². The van der Waals surface area contributed by atoms with Crippen LogP contribution in [0.1, 0.15) is 26.2 Å². The minimum Gasteiger partial charge on any atom is -0.494 e. The quantitative estimate of drug-likeness (QED) is 0.811. The smallest absolute Gasteiger partial charge is 0.119 e. The van der Waals surface area contributed by atoms with Crippen LogP contribution in [0.5, 0.6) is 5.75 Å². The molecule has 1 heterocycles. The predicted octanol–water partition coefficient (Wildman–Crippen LogP) is 2.67. The maximum absolute atomic E-state index is 5.68. The highest BCUT2D eigenvalue weighted by molar-refractivity contribution is 5.49. The molecule has 2 rings (SSSR count). The van der Waals surface area contributed by atoms with Crippen molar-refractivity contribution in [1.29, 1.82) is 0 Å². The van der Waals surface area contributed by atoms with Gasteiger partial charge in [-0.2, -0.15) is 0 Å². The van der Waals surface area contributed by atoms with Crippen molar-refractivity contribution in [2.24, 2.45) is 0 Å². The first kappa shape index (κ1) is 13.2. The molecule has 1 aliphatic heterocycles. The Hall–Kier alpha value is -1.22. The summed E-state index contributed by atoms with van der Waals surface area (Å²) in [5.41, 5.74) is 1.31. The summed E-state index contributed by atoms with van der Waals surface area (Å²) >= 11 is 0. The third-order valence-corrected chi connectivity index (χ3v) is 3.31. The molecule has 0 unspecified atom stereocenters. The van der Waals surface area contributed by atoms with Gasteiger partial charge < -0.3 is 15.0 Å². The van der Waals surface area contributed by atoms with Gasteiger partial charge in [0.2, 0.25) is 0 Å². The second kappa shape index (κ2) is 7.27. The van der Waals surface area contributed by atoms with Gasteiger partial charge >= 0.3 is 0 Å². The van der Waals surface area contributed by atoms with E-state index in [0.29, 0.717) is 0 Å². The molecule has 0 aromatic heterocycles. The number of rotatable bonds is 5. The van der Waals surface area contributed by atoms with Crippen molar-refractivity contribution in [3.63, 3.8) is 0 Å². The fourth-order valence-corrected chi connectivity index (χ4v) is 2.19. The van der Waals surface area contributed by atoms with Crippen LogP contribution in [-0.4, -0.2) is 32.8 Å². The Bertz CT molecular complexity index is 329. The van der Waals surface area contributed by atoms with Crippen molar-refractivity contribution >= 4 is 5.69 Å². The highest BCUT2D eigenvalue weighted by Gasteiger charge is 2.09. The molecule has 0 spiro atoms. The molecular formula is C15H24N2O. The van der Waals surface area contributed by atoms with Crippen molar-refractivity contribution in [2.45, 2.75) is 26.2 Å². The first-order valence-electron chi connectivity index (χ1n) is 7.08. The lowest BCUT2D eigenvalue weighted by atomic mass is 10.2. The van der Waals surface area contributed by atoms with E-state index in [2.05, 4.69) is 41.4 Å². The van der Waals surface area contributed by atoms with Gasteiger partial charge in [-0.25, -0.2) is 0 Å². The molecule has 0 amide bonds. The van der Waals surface area contributed by atoms with Crippen LogP contribution in [-0.2, 0) is 0 Å². The van der Waals surface area contributed by atoms with Gasteiger partial charge in [0.25, 0.3) is 0 Å². The Morgan fingerprint density at radius 2 is 2.00 bits per heavy atom. The van der Waals surface area contributed by atoms with Gasteiger partial charge in [-0.3, -0.25) is 0 Å². The molecule has 18 heavy (non-hydrogen) atoms. The maximum Gasteiger partial charge on any atom is 0.119 e. The maximum atomic E-state index is 5.68. The minimum atomic E-state index is 0.823. The second-order valence-electron chi connectivity index (χ2n) is 4.79. The molecule has 1 saturated heterocycles. The van der Waals surface area contributed by atoms with Crippen LogP contribution in [0.2, 0.25) is 0 Å². The predicted molar refractivity (Wildman–Crippen MR) is 76.5 cm³/mol. The Balaban J connectivity index is 1.89. The molecule has 0 bridgehead atoms. The molecule has 1 aromatic carbocycles. The lowest BCUT2D eigenvalue weighted by Gasteiger charge is -2.22. The highest BCUT2D eigenvalue weighted by atomic mass is 16.5. The summed E-state index contributed by atoms with van der Waals surface area (Å²) in [6.45, 7) is 7.45. The molecule has 0 atom stereocenters. The molecule has 0 aliphatic carbocycles. The van der Waals surface area contributed by atoms with Crippen molar-refractivity contribution < 1.29 is 4.74 Å². The molecule has 0 radical (unpaired) electrons. The Morgan fingerprint density at radius 1 is 1.17 bits per heavy atom. The van der Waals surface area contributed by atoms with Gasteiger partial charge in [0.05, 0.1) is 6.61 Å². The number of nitrogens with zero attached hydrogens (tertiary/aromatic N) is 1. The van der Waals surface area contributed by atoms with Crippen LogP contribution >= 0.6 is 0 Å². The van der Waals surface area contributed by atoms with Gasteiger partial charge in [0.15, 0.2) is 0 Å². The number of ether oxygens (including phenoxy) is 1. The Labute approximate surface area is 110 Å². The van der Waals surface area contributed by atoms with Crippen LogP contribution < -0.4 is 15.0 Å². The third kappa shape index (κ3) is 3.91. The average Bonchev–Trinajstić information content (AvgIpc) is 2.69. The first-order chi connectivity index (χ1) is 8.90. The van der Waals surface area contributed by atoms with E-state index < -0.39 is 0 Å². The minimum absolute atomic E-state index is 0.823. The van der Waals surface area contributed by atoms with Crippen molar-refractivity contribution in [2.75, 3.05) is 37.7 Å². The lowest BCUT2D eigenvalue weighted by Crippen LogP contribution is -2.27. The summed E-state index contributed by atoms with van der Waals surface area (Å²) in [4.78, 5) is 2.44. The van der Waals surface area contributed by atoms with Crippen molar-refractivity contribution in [3.05, 3.63) is 24.3 Å². The van der Waals surface area contributed by atoms with E-state index in [9.17, 15) is 0 Å². The van der Waals surface area contributed by atoms with Gasteiger partial charge in [0.1, 0.15) is 5.75 Å². The van der Waals surface area contributed by atoms with E-state index in [0.717, 1.165) is 45.0 Å². The monoisotopic (exact) mass is 248 g/mol. The van der Waals surface area contributed by atoms with Crippen LogP contribution in [0.25, 0.3) is 0 Å². The number of nitrogens with one attached hydrogen (secondary N) is 1. The van der Waals surface area contributed by atoms with Gasteiger partial charge in [0, 0.05) is 25.3 Å². The summed E-state index contributed by atoms with van der Waals surface area (Å²) in [7, 11) is 0. The summed E-state index contributed by atoms with van der Waals surface area (Å²) in [5.74, 6) is 0.986. The van der Waals surface area contributed by atoms with E-state index in [1.54, 1.807) is 0 Å². The second-order valence-corrected chi connectivity index (χ2v) is 4.79. The summed E-state index contributed by atoms with van der Waals surface area (Å²) in [6.07, 6.45) is 3.52. The van der Waals surface area contributed by atoms with Gasteiger partial charge in [-0.15, -0.1) is 0 Å². The molecule has 3 nitrogen and oxygen atoms in total. The molecule has 3 heteroatoms. The Kier molecular flexibility index (Phi) is 5.34. The molecule has 0 saturated carbocycles. The fraction of sp³-hybridized carbons (Fsp3) is 0.600. The van der Waals surface area contributed by atoms with Gasteiger partial charge in [-0.1, -0.05) is 13.3 Å². The van der Waals surface area contributed by atoms with Crippen LogP contribution in [0, 0.1) is 0 Å². The van der Waals surface area contributed by atoms with Crippen molar-refractivity contribution in [3.8, 4) is 5.75 Å². The number of unbranched alkanes of at least 4 members (excludes halogenated alkanes) is 1. The topological polar surface area (TPSA) is 24.5 Å². The molecule has 1 N–H and O–H groups in total. The number of hydrogen-bond acceptors (Lipinski definition) is 3. The van der Waals surface area contributed by atoms with E-state index in [-0.39, 0.29) is 0 Å². The van der Waals surface area contributed by atoms with E-state index >= 15 is 0 Å². The van der Waals surface area contributed by atoms with Crippen LogP contribution in [0.3, 0.4) is 0 Å². The van der Waals surface area contributed by atoms with E-state index in [1.165, 1.54) is 18.5 Å². The molecule has 100 valence electrons. The zero-order chi connectivity index (χ0) is 12.6. The highest BCUT2D eigenvalue weighted by Crippen LogP contribution is 2.20. The number of benzene rings is 1. The summed E-state index contributed by atoms with van der Waals surface area (Å²) < 4.78 is 5.68. The average molecular weight is 248 g/mol. The zero-order valence-electron chi connectivity index (χ0n) is 11.3. The SMILES string of the molecule is CCCCOc1ccc(N2CCCNCC2)cc1. The fourth-order valence-electron chi connectivity index (χ4n) is 2.19. The van der Waals surface area contributed by atoms with Crippen LogP contribution in [0.4, 0.5) is 5.69 Å². The van der Waals surface area contributed by atoms with E-state index in [4.69, 9.17) is 4.74 Å². The summed E-state index contributed by atoms with van der Waals surface area (Å²) in [6, 6.07) is 8.52. The first-order valence-corrected chi connectivity index (χ1v) is 7.08. The molecular weight excluding hydrogens is 224 g/mol. The Morgan fingerprint density at radius 3 is 2.78 bits per heavy atom. The van der Waals surface area contributed by atoms with Crippen LogP contribution in [0.15, 0.2) is 24.3 Å². The third-order valence-electron chi connectivity index (χ3n) is 3.31. The normalized spacial score (nSPS) is 16.4. The molecule has 1 aliphatic rings. The number of anilines is 1. The molecule has 1 fully saturated rings. The number of hydrogen-bond donors (Lipinski definition) is 1. The van der Waals surface area contributed by atoms with Gasteiger partial charge in [-0.05, 0) is 43.7 Å². The molecule has 1 aromatic rings. The summed E-state index contributed by atoms with van der Waals surface area (Å²) in [5, 5.41) is 3.43. The van der Waals surface area contributed by atoms with Crippen molar-refractivity contribution in [1.82, 2.24) is 5.32 Å². The largest absolute Gasteiger partial charge is 0.494 e. The standard InChI is InChI=1S/C15H24N2O/c1-2-3-13-18-15-7-5-14(6-8-15)17-11-4-9-16-10-12-17/h5-8,16H,2-4,9-13H2,1H3.